The monoisotopic (exact) mass is 249 g/mol. The highest BCUT2D eigenvalue weighted by Crippen LogP contribution is 2.17. The van der Waals surface area contributed by atoms with E-state index in [1.165, 1.54) is 6.07 Å². The first-order chi connectivity index (χ1) is 8.43. The second kappa shape index (κ2) is 4.38. The average Bonchev–Trinajstić information content (AvgIpc) is 2.71. The van der Waals surface area contributed by atoms with Crippen LogP contribution in [0.1, 0.15) is 24.2 Å². The van der Waals surface area contributed by atoms with Gasteiger partial charge < -0.3 is 9.84 Å². The van der Waals surface area contributed by atoms with Crippen LogP contribution in [0, 0.1) is 0 Å². The molecule has 0 radical (unpaired) electrons. The molecular weight excluding hydrogens is 234 g/mol. The normalized spacial score (nSPS) is 11.9. The second-order valence-electron chi connectivity index (χ2n) is 4.72. The number of methoxy groups -OCH3 is 1. The highest BCUT2D eigenvalue weighted by Gasteiger charge is 2.20. The molecule has 0 unspecified atom stereocenters. The van der Waals surface area contributed by atoms with E-state index in [0.717, 1.165) is 0 Å². The van der Waals surface area contributed by atoms with Crippen molar-refractivity contribution >= 4 is 17.0 Å². The maximum Gasteiger partial charge on any atom is 0.335 e. The summed E-state index contributed by atoms with van der Waals surface area (Å²) in [6, 6.07) is 4.75. The van der Waals surface area contributed by atoms with Gasteiger partial charge in [0.25, 0.3) is 0 Å². The molecule has 2 aromatic rings. The molecular formula is C12H15N3O3. The summed E-state index contributed by atoms with van der Waals surface area (Å²) in [5.41, 5.74) is 1.20. The number of fused-ring (bicyclic) bond motifs is 1. The Bertz CT molecular complexity index is 589. The molecule has 0 fully saturated rings. The lowest BCUT2D eigenvalue weighted by Gasteiger charge is -2.22. The molecule has 2 rings (SSSR count). The molecule has 6 nitrogen and oxygen atoms in total. The van der Waals surface area contributed by atoms with Crippen LogP contribution >= 0.6 is 0 Å². The molecule has 1 N–H and O–H groups in total. The highest BCUT2D eigenvalue weighted by molar-refractivity contribution is 5.92. The molecule has 0 saturated heterocycles. The van der Waals surface area contributed by atoms with Crippen LogP contribution in [-0.2, 0) is 11.3 Å². The summed E-state index contributed by atoms with van der Waals surface area (Å²) in [6.07, 6.45) is 0. The number of aromatic nitrogens is 3. The minimum absolute atomic E-state index is 0.223. The Labute approximate surface area is 104 Å². The van der Waals surface area contributed by atoms with E-state index in [2.05, 4.69) is 10.3 Å². The number of hydrogen-bond acceptors (Lipinski definition) is 4. The summed E-state index contributed by atoms with van der Waals surface area (Å²) >= 11 is 0. The number of ether oxygens (including phenoxy) is 1. The van der Waals surface area contributed by atoms with Gasteiger partial charge in [0.2, 0.25) is 0 Å². The third kappa shape index (κ3) is 2.33. The van der Waals surface area contributed by atoms with Crippen molar-refractivity contribution in [3.05, 3.63) is 23.8 Å². The molecule has 96 valence electrons. The number of benzene rings is 1. The summed E-state index contributed by atoms with van der Waals surface area (Å²) < 4.78 is 6.99. The van der Waals surface area contributed by atoms with Gasteiger partial charge in [-0.25, -0.2) is 9.48 Å². The van der Waals surface area contributed by atoms with Crippen molar-refractivity contribution in [2.75, 3.05) is 7.11 Å². The highest BCUT2D eigenvalue weighted by atomic mass is 16.5. The molecule has 0 amide bonds. The van der Waals surface area contributed by atoms with Crippen molar-refractivity contribution < 1.29 is 14.6 Å². The third-order valence-corrected chi connectivity index (χ3v) is 2.84. The van der Waals surface area contributed by atoms with E-state index in [1.54, 1.807) is 23.9 Å². The van der Waals surface area contributed by atoms with Crippen molar-refractivity contribution in [3.63, 3.8) is 0 Å². The summed E-state index contributed by atoms with van der Waals surface area (Å²) in [4.78, 5) is 10.9. The fourth-order valence-electron chi connectivity index (χ4n) is 1.64. The lowest BCUT2D eigenvalue weighted by atomic mass is 10.1. The Hall–Kier alpha value is -1.95. The number of hydrogen-bond donors (Lipinski definition) is 1. The zero-order valence-corrected chi connectivity index (χ0v) is 10.5. The largest absolute Gasteiger partial charge is 0.478 e. The van der Waals surface area contributed by atoms with E-state index in [0.29, 0.717) is 17.6 Å². The maximum atomic E-state index is 10.9. The van der Waals surface area contributed by atoms with Crippen molar-refractivity contribution in [1.29, 1.82) is 0 Å². The van der Waals surface area contributed by atoms with E-state index < -0.39 is 5.97 Å². The van der Waals surface area contributed by atoms with Crippen LogP contribution in [0.15, 0.2) is 18.2 Å². The van der Waals surface area contributed by atoms with E-state index >= 15 is 0 Å². The molecule has 0 aliphatic heterocycles. The lowest BCUT2D eigenvalue weighted by molar-refractivity contribution is 0.00601. The fourth-order valence-corrected chi connectivity index (χ4v) is 1.64. The van der Waals surface area contributed by atoms with Crippen molar-refractivity contribution in [1.82, 2.24) is 15.0 Å². The summed E-state index contributed by atoms with van der Waals surface area (Å²) in [5.74, 6) is -0.962. The van der Waals surface area contributed by atoms with Crippen LogP contribution in [0.4, 0.5) is 0 Å². The molecule has 0 atom stereocenters. The van der Waals surface area contributed by atoms with Crippen LogP contribution < -0.4 is 0 Å². The van der Waals surface area contributed by atoms with Crippen LogP contribution in [0.25, 0.3) is 11.0 Å². The second-order valence-corrected chi connectivity index (χ2v) is 4.72. The summed E-state index contributed by atoms with van der Waals surface area (Å²) in [7, 11) is 1.63. The van der Waals surface area contributed by atoms with Gasteiger partial charge >= 0.3 is 5.97 Å². The van der Waals surface area contributed by atoms with Gasteiger partial charge in [-0.2, -0.15) is 0 Å². The maximum absolute atomic E-state index is 10.9. The van der Waals surface area contributed by atoms with E-state index in [9.17, 15) is 4.79 Å². The van der Waals surface area contributed by atoms with Gasteiger partial charge in [0, 0.05) is 7.11 Å². The molecule has 6 heteroatoms. The smallest absolute Gasteiger partial charge is 0.335 e. The fraction of sp³-hybridized carbons (Fsp3) is 0.417. The molecule has 0 spiro atoms. The molecule has 0 aliphatic rings. The minimum atomic E-state index is -0.962. The van der Waals surface area contributed by atoms with Gasteiger partial charge in [-0.3, -0.25) is 0 Å². The Balaban J connectivity index is 2.45. The molecule has 1 aromatic heterocycles. The quantitative estimate of drug-likeness (QED) is 0.889. The van der Waals surface area contributed by atoms with Gasteiger partial charge in [-0.05, 0) is 32.0 Å². The predicted molar refractivity (Wildman–Crippen MR) is 65.6 cm³/mol. The minimum Gasteiger partial charge on any atom is -0.478 e. The van der Waals surface area contributed by atoms with Crippen molar-refractivity contribution in [2.24, 2.45) is 0 Å². The van der Waals surface area contributed by atoms with E-state index in [1.807, 2.05) is 13.8 Å². The molecule has 0 saturated carbocycles. The first-order valence-corrected chi connectivity index (χ1v) is 5.55. The summed E-state index contributed by atoms with van der Waals surface area (Å²) in [6.45, 7) is 4.37. The van der Waals surface area contributed by atoms with Gasteiger partial charge in [0.15, 0.2) is 0 Å². The number of carbonyl (C=O) groups is 1. The Morgan fingerprint density at radius 3 is 2.83 bits per heavy atom. The third-order valence-electron chi connectivity index (χ3n) is 2.84. The van der Waals surface area contributed by atoms with Crippen LogP contribution in [-0.4, -0.2) is 38.8 Å². The number of carboxylic acid groups (broad SMARTS) is 1. The predicted octanol–water partition coefficient (Wildman–Crippen LogP) is 1.55. The van der Waals surface area contributed by atoms with E-state index in [-0.39, 0.29) is 11.2 Å². The standard InChI is InChI=1S/C12H15N3O3/c1-12(2,18-3)7-15-10-6-8(11(16)17)4-5-9(10)13-14-15/h4-6H,7H2,1-3H3,(H,16,17). The zero-order valence-electron chi connectivity index (χ0n) is 10.5. The van der Waals surface area contributed by atoms with Gasteiger partial charge in [0.1, 0.15) is 5.52 Å². The first-order valence-electron chi connectivity index (χ1n) is 5.55. The lowest BCUT2D eigenvalue weighted by Crippen LogP contribution is -2.29. The van der Waals surface area contributed by atoms with Gasteiger partial charge in [-0.15, -0.1) is 5.10 Å². The van der Waals surface area contributed by atoms with Gasteiger partial charge in [0.05, 0.1) is 23.2 Å². The number of aromatic carboxylic acids is 1. The van der Waals surface area contributed by atoms with Crippen LogP contribution in [0.5, 0.6) is 0 Å². The van der Waals surface area contributed by atoms with Crippen molar-refractivity contribution in [3.8, 4) is 0 Å². The van der Waals surface area contributed by atoms with E-state index in [4.69, 9.17) is 9.84 Å². The van der Waals surface area contributed by atoms with Crippen LogP contribution in [0.2, 0.25) is 0 Å². The molecule has 1 aromatic carbocycles. The molecule has 18 heavy (non-hydrogen) atoms. The molecule has 0 aliphatic carbocycles. The SMILES string of the molecule is COC(C)(C)Cn1nnc2ccc(C(=O)O)cc21. The topological polar surface area (TPSA) is 77.2 Å². The average molecular weight is 249 g/mol. The molecule has 1 heterocycles. The van der Waals surface area contributed by atoms with Crippen LogP contribution in [0.3, 0.4) is 0 Å². The number of carboxylic acids is 1. The first kappa shape index (κ1) is 12.5. The Morgan fingerprint density at radius 2 is 2.22 bits per heavy atom. The summed E-state index contributed by atoms with van der Waals surface area (Å²) in [5, 5.41) is 17.0. The number of rotatable bonds is 4. The van der Waals surface area contributed by atoms with Gasteiger partial charge in [-0.1, -0.05) is 5.21 Å². The molecule has 0 bridgehead atoms. The zero-order chi connectivity index (χ0) is 13.3. The Kier molecular flexibility index (Phi) is 3.04. The van der Waals surface area contributed by atoms with Crippen molar-refractivity contribution in [2.45, 2.75) is 26.0 Å². The number of nitrogens with zero attached hydrogens (tertiary/aromatic N) is 3. The Morgan fingerprint density at radius 1 is 1.50 bits per heavy atom.